The lowest BCUT2D eigenvalue weighted by molar-refractivity contribution is 0.305. The van der Waals surface area contributed by atoms with Gasteiger partial charge in [0.15, 0.2) is 8.32 Å². The van der Waals surface area contributed by atoms with E-state index in [1.807, 2.05) is 0 Å². The van der Waals surface area contributed by atoms with Gasteiger partial charge in [-0.2, -0.15) is 0 Å². The van der Waals surface area contributed by atoms with Crippen LogP contribution in [0.5, 0.6) is 0 Å². The minimum atomic E-state index is -1.39. The average molecular weight is 337 g/mol. The molecule has 0 atom stereocenters. The summed E-state index contributed by atoms with van der Waals surface area (Å²) in [6.07, 6.45) is 12.5. The van der Waals surface area contributed by atoms with E-state index in [2.05, 4.69) is 75.1 Å². The van der Waals surface area contributed by atoms with E-state index < -0.39 is 8.32 Å². The lowest BCUT2D eigenvalue weighted by Crippen LogP contribution is -2.25. The normalized spacial score (nSPS) is 18.5. The van der Waals surface area contributed by atoms with Gasteiger partial charge >= 0.3 is 0 Å². The first-order chi connectivity index (χ1) is 11.5. The first-order valence-electron chi connectivity index (χ1n) is 9.00. The Bertz CT molecular complexity index is 741. The molecule has 0 saturated heterocycles. The fourth-order valence-electron chi connectivity index (χ4n) is 3.52. The van der Waals surface area contributed by atoms with Crippen molar-refractivity contribution < 1.29 is 4.43 Å². The molecule has 0 radical (unpaired) electrons. The molecule has 0 unspecified atom stereocenters. The van der Waals surface area contributed by atoms with Gasteiger partial charge in [-0.3, -0.25) is 0 Å². The average Bonchev–Trinajstić information content (AvgIpc) is 3.14. The second-order valence-corrected chi connectivity index (χ2v) is 12.0. The van der Waals surface area contributed by atoms with Gasteiger partial charge < -0.3 is 4.43 Å². The second-order valence-electron chi connectivity index (χ2n) is 7.52. The van der Waals surface area contributed by atoms with E-state index in [9.17, 15) is 0 Å². The fourth-order valence-corrected chi connectivity index (χ4v) is 4.27. The maximum absolute atomic E-state index is 6.01. The highest BCUT2D eigenvalue weighted by Gasteiger charge is 2.23. The first-order valence-corrected chi connectivity index (χ1v) is 12.4. The zero-order chi connectivity index (χ0) is 17.2. The molecule has 1 aromatic rings. The summed E-state index contributed by atoms with van der Waals surface area (Å²) in [5, 5.41) is 0. The smallest absolute Gasteiger partial charge is 0.183 e. The number of hydrogen-bond acceptors (Lipinski definition) is 1. The van der Waals surface area contributed by atoms with E-state index in [-0.39, 0.29) is 0 Å². The molecule has 0 heterocycles. The van der Waals surface area contributed by atoms with Crippen LogP contribution in [0.4, 0.5) is 0 Å². The van der Waals surface area contributed by atoms with Crippen LogP contribution in [0.2, 0.25) is 19.6 Å². The van der Waals surface area contributed by atoms with Crippen LogP contribution < -0.4 is 0 Å². The summed E-state index contributed by atoms with van der Waals surface area (Å²) in [6, 6.07) is 8.71. The molecule has 0 fully saturated rings. The molecule has 0 spiro atoms. The monoisotopic (exact) mass is 336 g/mol. The molecule has 24 heavy (non-hydrogen) atoms. The van der Waals surface area contributed by atoms with Crippen molar-refractivity contribution in [2.75, 3.05) is 6.61 Å². The van der Waals surface area contributed by atoms with Crippen molar-refractivity contribution in [1.82, 2.24) is 0 Å². The van der Waals surface area contributed by atoms with E-state index in [4.69, 9.17) is 4.43 Å². The van der Waals surface area contributed by atoms with E-state index in [1.165, 1.54) is 33.4 Å². The Labute approximate surface area is 147 Å². The number of benzene rings is 1. The molecular formula is C22H28OSi. The number of allylic oxidation sites excluding steroid dienone is 7. The maximum atomic E-state index is 6.01. The Hall–Kier alpha value is -1.64. The summed E-state index contributed by atoms with van der Waals surface area (Å²) >= 11 is 0. The van der Waals surface area contributed by atoms with E-state index in [0.717, 1.165) is 25.9 Å². The third-order valence-electron chi connectivity index (χ3n) is 4.61. The van der Waals surface area contributed by atoms with Crippen molar-refractivity contribution >= 4 is 20.0 Å². The van der Waals surface area contributed by atoms with Gasteiger partial charge in [0.1, 0.15) is 0 Å². The molecule has 2 heteroatoms. The van der Waals surface area contributed by atoms with Crippen molar-refractivity contribution in [1.29, 1.82) is 0 Å². The third kappa shape index (κ3) is 3.71. The van der Waals surface area contributed by atoms with Crippen LogP contribution in [-0.2, 0) is 4.43 Å². The van der Waals surface area contributed by atoms with Gasteiger partial charge in [0, 0.05) is 6.61 Å². The molecule has 0 aliphatic heterocycles. The summed E-state index contributed by atoms with van der Waals surface area (Å²) in [5.41, 5.74) is 8.53. The zero-order valence-corrected chi connectivity index (χ0v) is 16.4. The van der Waals surface area contributed by atoms with E-state index >= 15 is 0 Å². The Kier molecular flexibility index (Phi) is 5.07. The largest absolute Gasteiger partial charge is 0.418 e. The van der Waals surface area contributed by atoms with E-state index in [0.29, 0.717) is 0 Å². The Balaban J connectivity index is 1.76. The zero-order valence-electron chi connectivity index (χ0n) is 15.4. The molecule has 3 rings (SSSR count). The van der Waals surface area contributed by atoms with Crippen molar-refractivity contribution in [2.45, 2.75) is 45.8 Å². The number of rotatable bonds is 6. The van der Waals surface area contributed by atoms with Gasteiger partial charge in [-0.25, -0.2) is 0 Å². The molecule has 2 aliphatic carbocycles. The van der Waals surface area contributed by atoms with Crippen LogP contribution in [-0.4, -0.2) is 14.9 Å². The highest BCUT2D eigenvalue weighted by atomic mass is 28.4. The molecule has 0 N–H and O–H groups in total. The lowest BCUT2D eigenvalue weighted by Gasteiger charge is -2.17. The number of hydrogen-bond donors (Lipinski definition) is 0. The molecular weight excluding hydrogens is 308 g/mol. The Morgan fingerprint density at radius 2 is 1.96 bits per heavy atom. The van der Waals surface area contributed by atoms with E-state index in [1.54, 1.807) is 0 Å². The predicted molar refractivity (Wildman–Crippen MR) is 107 cm³/mol. The maximum Gasteiger partial charge on any atom is 0.183 e. The highest BCUT2D eigenvalue weighted by Crippen LogP contribution is 2.43. The molecule has 0 saturated carbocycles. The number of fused-ring (bicyclic) bond motifs is 1. The molecule has 126 valence electrons. The Morgan fingerprint density at radius 3 is 2.71 bits per heavy atom. The van der Waals surface area contributed by atoms with Crippen LogP contribution in [0, 0.1) is 0 Å². The predicted octanol–water partition coefficient (Wildman–Crippen LogP) is 6.38. The van der Waals surface area contributed by atoms with Gasteiger partial charge in [-0.1, -0.05) is 42.5 Å². The topological polar surface area (TPSA) is 9.23 Å². The van der Waals surface area contributed by atoms with Crippen LogP contribution in [0.1, 0.15) is 37.3 Å². The molecule has 1 aromatic carbocycles. The summed E-state index contributed by atoms with van der Waals surface area (Å²) in [6.45, 7) is 9.80. The minimum Gasteiger partial charge on any atom is -0.418 e. The van der Waals surface area contributed by atoms with Crippen LogP contribution in [0.15, 0.2) is 59.2 Å². The lowest BCUT2D eigenvalue weighted by atomic mass is 9.93. The van der Waals surface area contributed by atoms with Crippen LogP contribution >= 0.6 is 0 Å². The molecule has 0 bridgehead atoms. The first kappa shape index (κ1) is 17.2. The summed E-state index contributed by atoms with van der Waals surface area (Å²) in [5.74, 6) is 0. The van der Waals surface area contributed by atoms with Gasteiger partial charge in [0.25, 0.3) is 0 Å². The van der Waals surface area contributed by atoms with Gasteiger partial charge in [-0.15, -0.1) is 0 Å². The van der Waals surface area contributed by atoms with Crippen LogP contribution in [0.25, 0.3) is 11.6 Å². The van der Waals surface area contributed by atoms with Gasteiger partial charge in [0.05, 0.1) is 0 Å². The molecule has 1 nitrogen and oxygen atoms in total. The highest BCUT2D eigenvalue weighted by molar-refractivity contribution is 6.69. The van der Waals surface area contributed by atoms with Crippen molar-refractivity contribution in [2.24, 2.45) is 0 Å². The minimum absolute atomic E-state index is 0.885. The standard InChI is InChI=1S/C22H28OSi/c1-5-19-21-13-7-6-10-18(21)16-22(19)20-14-8-11-17(20)12-9-15-23-24(2,3)4/h5-8,10-11,13,16H,9,12,14-15H2,1-4H3. The molecule has 0 amide bonds. The van der Waals surface area contributed by atoms with Gasteiger partial charge in [-0.05, 0) is 85.3 Å². The summed E-state index contributed by atoms with van der Waals surface area (Å²) in [4.78, 5) is 0. The van der Waals surface area contributed by atoms with Crippen LogP contribution in [0.3, 0.4) is 0 Å². The van der Waals surface area contributed by atoms with Crippen molar-refractivity contribution in [3.63, 3.8) is 0 Å². The molecule has 2 aliphatic rings. The second kappa shape index (κ2) is 7.08. The summed E-state index contributed by atoms with van der Waals surface area (Å²) < 4.78 is 6.01. The van der Waals surface area contributed by atoms with Crippen molar-refractivity contribution in [3.8, 4) is 0 Å². The Morgan fingerprint density at radius 1 is 1.17 bits per heavy atom. The van der Waals surface area contributed by atoms with Crippen molar-refractivity contribution in [3.05, 3.63) is 70.3 Å². The molecule has 0 aromatic heterocycles. The summed E-state index contributed by atoms with van der Waals surface area (Å²) in [7, 11) is -1.39. The third-order valence-corrected chi connectivity index (χ3v) is 5.68. The quantitative estimate of drug-likeness (QED) is 0.433. The van der Waals surface area contributed by atoms with Gasteiger partial charge in [0.2, 0.25) is 0 Å². The fraction of sp³-hybridized carbons (Fsp3) is 0.364. The SMILES string of the molecule is CC=C1C(C2=C(CCCO[Si](C)(C)C)C=CC2)=Cc2ccccc21.